The predicted molar refractivity (Wildman–Crippen MR) is 77.6 cm³/mol. The van der Waals surface area contributed by atoms with Crippen molar-refractivity contribution < 1.29 is 0 Å². The Morgan fingerprint density at radius 2 is 2.12 bits per heavy atom. The summed E-state index contributed by atoms with van der Waals surface area (Å²) in [7, 11) is 2.08. The van der Waals surface area contributed by atoms with E-state index in [-0.39, 0.29) is 0 Å². The van der Waals surface area contributed by atoms with Crippen molar-refractivity contribution in [1.82, 2.24) is 9.55 Å². The molecule has 0 aliphatic rings. The van der Waals surface area contributed by atoms with E-state index in [4.69, 9.17) is 0 Å². The van der Waals surface area contributed by atoms with E-state index in [2.05, 4.69) is 46.4 Å². The van der Waals surface area contributed by atoms with E-state index in [1.165, 1.54) is 37.9 Å². The number of unbranched alkanes of at least 4 members (excludes halogenated alkanes) is 1. The van der Waals surface area contributed by atoms with E-state index in [0.717, 1.165) is 11.8 Å². The van der Waals surface area contributed by atoms with Crippen molar-refractivity contribution in [3.05, 3.63) is 18.2 Å². The van der Waals surface area contributed by atoms with Gasteiger partial charge in [-0.2, -0.15) is 0 Å². The fourth-order valence-corrected chi connectivity index (χ4v) is 3.23. The van der Waals surface area contributed by atoms with Gasteiger partial charge in [-0.15, -0.1) is 0 Å². The van der Waals surface area contributed by atoms with Crippen LogP contribution in [0.3, 0.4) is 0 Å². The summed E-state index contributed by atoms with van der Waals surface area (Å²) in [4.78, 5) is 4.42. The molecule has 1 atom stereocenters. The van der Waals surface area contributed by atoms with Crippen LogP contribution in [0.1, 0.15) is 51.8 Å². The van der Waals surface area contributed by atoms with Gasteiger partial charge in [-0.3, -0.25) is 0 Å². The fraction of sp³-hybridized carbons (Fsp3) is 0.786. The highest BCUT2D eigenvalue weighted by molar-refractivity contribution is 9.09. The van der Waals surface area contributed by atoms with Gasteiger partial charge in [0.15, 0.2) is 0 Å². The van der Waals surface area contributed by atoms with Crippen molar-refractivity contribution in [2.45, 2.75) is 52.4 Å². The van der Waals surface area contributed by atoms with Crippen LogP contribution in [0.4, 0.5) is 0 Å². The van der Waals surface area contributed by atoms with Crippen LogP contribution in [0.15, 0.2) is 12.4 Å². The quantitative estimate of drug-likeness (QED) is 0.653. The van der Waals surface area contributed by atoms with Crippen LogP contribution in [0.25, 0.3) is 0 Å². The molecule has 0 saturated heterocycles. The van der Waals surface area contributed by atoms with E-state index in [1.54, 1.807) is 0 Å². The minimum Gasteiger partial charge on any atom is -0.338 e. The van der Waals surface area contributed by atoms with Crippen molar-refractivity contribution in [3.63, 3.8) is 0 Å². The van der Waals surface area contributed by atoms with E-state index in [0.29, 0.717) is 5.41 Å². The second-order valence-electron chi connectivity index (χ2n) is 5.05. The maximum absolute atomic E-state index is 4.42. The third-order valence-electron chi connectivity index (χ3n) is 3.89. The normalized spacial score (nSPS) is 14.8. The molecule has 1 heterocycles. The summed E-state index contributed by atoms with van der Waals surface area (Å²) in [6.07, 6.45) is 11.5. The Kier molecular flexibility index (Phi) is 6.24. The molecule has 0 fully saturated rings. The van der Waals surface area contributed by atoms with E-state index < -0.39 is 0 Å². The summed E-state index contributed by atoms with van der Waals surface area (Å²) in [6.45, 7) is 4.59. The first-order valence-corrected chi connectivity index (χ1v) is 7.81. The summed E-state index contributed by atoms with van der Waals surface area (Å²) >= 11 is 3.72. The molecule has 0 radical (unpaired) electrons. The molecular formula is C14H25BrN2. The van der Waals surface area contributed by atoms with Crippen LogP contribution in [0.2, 0.25) is 0 Å². The molecule has 1 aromatic rings. The van der Waals surface area contributed by atoms with Gasteiger partial charge in [-0.05, 0) is 24.7 Å². The molecule has 0 aliphatic heterocycles. The number of aromatic nitrogens is 2. The SMILES string of the molecule is CCCCC(CC)(CBr)CCc1nccn1C. The molecule has 0 saturated carbocycles. The monoisotopic (exact) mass is 300 g/mol. The molecule has 0 aromatic carbocycles. The molecule has 17 heavy (non-hydrogen) atoms. The maximum Gasteiger partial charge on any atom is 0.108 e. The first-order chi connectivity index (χ1) is 8.17. The zero-order valence-electron chi connectivity index (χ0n) is 11.4. The molecule has 0 spiro atoms. The lowest BCUT2D eigenvalue weighted by Crippen LogP contribution is -2.23. The Labute approximate surface area is 114 Å². The largest absolute Gasteiger partial charge is 0.338 e. The second kappa shape index (κ2) is 7.20. The first kappa shape index (κ1) is 14.7. The van der Waals surface area contributed by atoms with Gasteiger partial charge in [0, 0.05) is 31.2 Å². The Bertz CT molecular complexity index is 316. The average molecular weight is 301 g/mol. The van der Waals surface area contributed by atoms with Gasteiger partial charge in [0.1, 0.15) is 5.82 Å². The lowest BCUT2D eigenvalue weighted by atomic mass is 9.78. The lowest BCUT2D eigenvalue weighted by molar-refractivity contribution is 0.260. The van der Waals surface area contributed by atoms with Crippen molar-refractivity contribution in [3.8, 4) is 0 Å². The maximum atomic E-state index is 4.42. The van der Waals surface area contributed by atoms with Crippen molar-refractivity contribution in [2.75, 3.05) is 5.33 Å². The van der Waals surface area contributed by atoms with E-state index in [9.17, 15) is 0 Å². The summed E-state index contributed by atoms with van der Waals surface area (Å²) in [5.41, 5.74) is 0.460. The molecule has 3 heteroatoms. The van der Waals surface area contributed by atoms with E-state index in [1.807, 2.05) is 12.4 Å². The molecule has 0 amide bonds. The van der Waals surface area contributed by atoms with E-state index >= 15 is 0 Å². The summed E-state index contributed by atoms with van der Waals surface area (Å²) < 4.78 is 2.13. The molecule has 0 bridgehead atoms. The summed E-state index contributed by atoms with van der Waals surface area (Å²) in [5.74, 6) is 1.21. The number of alkyl halides is 1. The second-order valence-corrected chi connectivity index (χ2v) is 5.61. The van der Waals surface area contributed by atoms with Crippen LogP contribution < -0.4 is 0 Å². The van der Waals surface area contributed by atoms with Gasteiger partial charge in [0.05, 0.1) is 0 Å². The van der Waals surface area contributed by atoms with Gasteiger partial charge < -0.3 is 4.57 Å². The Hall–Kier alpha value is -0.310. The Morgan fingerprint density at radius 1 is 1.35 bits per heavy atom. The third kappa shape index (κ3) is 4.13. The van der Waals surface area contributed by atoms with Crippen molar-refractivity contribution in [1.29, 1.82) is 0 Å². The van der Waals surface area contributed by atoms with Gasteiger partial charge in [0.25, 0.3) is 0 Å². The molecule has 1 aromatic heterocycles. The molecule has 2 nitrogen and oxygen atoms in total. The van der Waals surface area contributed by atoms with Crippen LogP contribution >= 0.6 is 15.9 Å². The fourth-order valence-electron chi connectivity index (χ4n) is 2.27. The lowest BCUT2D eigenvalue weighted by Gasteiger charge is -2.31. The number of aryl methyl sites for hydroxylation is 2. The van der Waals surface area contributed by atoms with Gasteiger partial charge >= 0.3 is 0 Å². The molecule has 0 aliphatic carbocycles. The molecule has 1 unspecified atom stereocenters. The first-order valence-electron chi connectivity index (χ1n) is 6.69. The highest BCUT2D eigenvalue weighted by Gasteiger charge is 2.26. The number of imidazole rings is 1. The number of hydrogen-bond donors (Lipinski definition) is 0. The van der Waals surface area contributed by atoms with Gasteiger partial charge in [0.2, 0.25) is 0 Å². The van der Waals surface area contributed by atoms with Gasteiger partial charge in [-0.25, -0.2) is 4.98 Å². The summed E-state index contributed by atoms with van der Waals surface area (Å²) in [5, 5.41) is 1.11. The highest BCUT2D eigenvalue weighted by atomic mass is 79.9. The minimum absolute atomic E-state index is 0.460. The predicted octanol–water partition coefficient (Wildman–Crippen LogP) is 4.33. The smallest absolute Gasteiger partial charge is 0.108 e. The van der Waals surface area contributed by atoms with Crippen molar-refractivity contribution >= 4 is 15.9 Å². The summed E-state index contributed by atoms with van der Waals surface area (Å²) in [6, 6.07) is 0. The zero-order valence-corrected chi connectivity index (χ0v) is 13.0. The third-order valence-corrected chi connectivity index (χ3v) is 5.08. The Balaban J connectivity index is 2.57. The number of rotatable bonds is 8. The standard InChI is InChI=1S/C14H25BrN2/c1-4-6-8-14(5-2,12-15)9-7-13-16-10-11-17(13)3/h10-11H,4-9,12H2,1-3H3. The average Bonchev–Trinajstić information content (AvgIpc) is 2.76. The van der Waals surface area contributed by atoms with Crippen LogP contribution in [0.5, 0.6) is 0 Å². The van der Waals surface area contributed by atoms with Crippen molar-refractivity contribution in [2.24, 2.45) is 12.5 Å². The number of nitrogens with zero attached hydrogens (tertiary/aromatic N) is 2. The van der Waals surface area contributed by atoms with Crippen LogP contribution in [-0.2, 0) is 13.5 Å². The van der Waals surface area contributed by atoms with Gasteiger partial charge in [-0.1, -0.05) is 42.6 Å². The zero-order chi connectivity index (χ0) is 12.7. The molecular weight excluding hydrogens is 276 g/mol. The Morgan fingerprint density at radius 3 is 2.59 bits per heavy atom. The number of hydrogen-bond acceptors (Lipinski definition) is 1. The molecule has 1 rings (SSSR count). The van der Waals surface area contributed by atoms with Crippen LogP contribution in [-0.4, -0.2) is 14.9 Å². The number of halogens is 1. The minimum atomic E-state index is 0.460. The highest BCUT2D eigenvalue weighted by Crippen LogP contribution is 2.35. The molecule has 0 N–H and O–H groups in total. The topological polar surface area (TPSA) is 17.8 Å². The molecule has 98 valence electrons. The van der Waals surface area contributed by atoms with Crippen LogP contribution in [0, 0.1) is 5.41 Å².